The predicted molar refractivity (Wildman–Crippen MR) is 78.9 cm³/mol. The Balaban J connectivity index is 2.56. The number of hydrogen-bond donors (Lipinski definition) is 1. The van der Waals surface area contributed by atoms with Crippen LogP contribution in [-0.4, -0.2) is 9.97 Å². The molecule has 0 aliphatic carbocycles. The molecule has 0 aliphatic rings. The van der Waals surface area contributed by atoms with Gasteiger partial charge < -0.3 is 4.98 Å². The third-order valence-electron chi connectivity index (χ3n) is 2.61. The molecule has 0 amide bonds. The molecule has 1 N–H and O–H groups in total. The number of benzene rings is 1. The van der Waals surface area contributed by atoms with Gasteiger partial charge in [0.25, 0.3) is 5.56 Å². The van der Waals surface area contributed by atoms with Gasteiger partial charge in [-0.2, -0.15) is 0 Å². The molecule has 100 valence electrons. The fourth-order valence-corrected chi connectivity index (χ4v) is 2.45. The Labute approximate surface area is 121 Å². The van der Waals surface area contributed by atoms with E-state index in [9.17, 15) is 4.79 Å². The van der Waals surface area contributed by atoms with E-state index in [1.807, 2.05) is 0 Å². The second-order valence-electron chi connectivity index (χ2n) is 4.78. The van der Waals surface area contributed by atoms with E-state index in [0.29, 0.717) is 27.4 Å². The zero-order valence-electron chi connectivity index (χ0n) is 10.7. The Kier molecular flexibility index (Phi) is 4.27. The monoisotopic (exact) mass is 296 g/mol. The van der Waals surface area contributed by atoms with Gasteiger partial charge in [-0.3, -0.25) is 4.79 Å². The van der Waals surface area contributed by atoms with Crippen molar-refractivity contribution in [3.8, 4) is 11.4 Å². The van der Waals surface area contributed by atoms with Crippen molar-refractivity contribution in [3.63, 3.8) is 0 Å². The third kappa shape index (κ3) is 3.37. The van der Waals surface area contributed by atoms with Crippen molar-refractivity contribution in [2.45, 2.75) is 20.3 Å². The van der Waals surface area contributed by atoms with Gasteiger partial charge in [0.15, 0.2) is 0 Å². The highest BCUT2D eigenvalue weighted by Gasteiger charge is 2.12. The van der Waals surface area contributed by atoms with E-state index in [1.54, 1.807) is 18.2 Å². The van der Waals surface area contributed by atoms with Crippen LogP contribution in [0.15, 0.2) is 29.1 Å². The molecule has 3 nitrogen and oxygen atoms in total. The van der Waals surface area contributed by atoms with Crippen LogP contribution in [0.3, 0.4) is 0 Å². The Hall–Kier alpha value is -1.32. The van der Waals surface area contributed by atoms with Crippen LogP contribution in [-0.2, 0) is 6.42 Å². The van der Waals surface area contributed by atoms with E-state index < -0.39 is 0 Å². The molecular weight excluding hydrogens is 283 g/mol. The molecular formula is C14H14Cl2N2O. The molecule has 0 bridgehead atoms. The maximum atomic E-state index is 11.7. The zero-order chi connectivity index (χ0) is 14.0. The van der Waals surface area contributed by atoms with Crippen LogP contribution in [0.5, 0.6) is 0 Å². The number of hydrogen-bond acceptors (Lipinski definition) is 2. The lowest BCUT2D eigenvalue weighted by Crippen LogP contribution is -2.12. The molecule has 0 unspecified atom stereocenters. The normalized spacial score (nSPS) is 11.0. The van der Waals surface area contributed by atoms with Gasteiger partial charge in [-0.1, -0.05) is 43.1 Å². The quantitative estimate of drug-likeness (QED) is 0.932. The summed E-state index contributed by atoms with van der Waals surface area (Å²) in [5.74, 6) is 0.836. The zero-order valence-corrected chi connectivity index (χ0v) is 12.2. The first-order chi connectivity index (χ1) is 8.97. The summed E-state index contributed by atoms with van der Waals surface area (Å²) in [4.78, 5) is 18.8. The molecule has 1 heterocycles. The molecule has 0 fully saturated rings. The minimum atomic E-state index is -0.198. The highest BCUT2D eigenvalue weighted by Crippen LogP contribution is 2.31. The summed E-state index contributed by atoms with van der Waals surface area (Å²) >= 11 is 12.3. The summed E-state index contributed by atoms with van der Waals surface area (Å²) in [6.45, 7) is 4.15. The summed E-state index contributed by atoms with van der Waals surface area (Å²) in [6, 6.07) is 6.70. The number of nitrogens with zero attached hydrogens (tertiary/aromatic N) is 1. The van der Waals surface area contributed by atoms with E-state index >= 15 is 0 Å². The summed E-state index contributed by atoms with van der Waals surface area (Å²) in [5.41, 5.74) is 1.11. The summed E-state index contributed by atoms with van der Waals surface area (Å²) in [7, 11) is 0. The van der Waals surface area contributed by atoms with Crippen molar-refractivity contribution < 1.29 is 0 Å². The van der Waals surface area contributed by atoms with E-state index in [2.05, 4.69) is 23.8 Å². The first kappa shape index (κ1) is 14.1. The molecule has 0 aliphatic heterocycles. The highest BCUT2D eigenvalue weighted by atomic mass is 35.5. The van der Waals surface area contributed by atoms with Crippen LogP contribution < -0.4 is 5.56 Å². The average Bonchev–Trinajstić information content (AvgIpc) is 2.26. The molecule has 0 saturated heterocycles. The Morgan fingerprint density at radius 2 is 1.89 bits per heavy atom. The molecule has 0 radical (unpaired) electrons. The maximum absolute atomic E-state index is 11.7. The molecule has 5 heteroatoms. The van der Waals surface area contributed by atoms with Crippen molar-refractivity contribution in [2.75, 3.05) is 0 Å². The van der Waals surface area contributed by atoms with Gasteiger partial charge in [-0.15, -0.1) is 0 Å². The number of aromatic nitrogens is 2. The van der Waals surface area contributed by atoms with Crippen molar-refractivity contribution in [3.05, 3.63) is 50.4 Å². The molecule has 0 spiro atoms. The summed E-state index contributed by atoms with van der Waals surface area (Å²) < 4.78 is 0. The van der Waals surface area contributed by atoms with Crippen LogP contribution in [0.25, 0.3) is 11.4 Å². The van der Waals surface area contributed by atoms with Crippen LogP contribution >= 0.6 is 23.2 Å². The lowest BCUT2D eigenvalue weighted by Gasteiger charge is -2.09. The van der Waals surface area contributed by atoms with E-state index in [0.717, 1.165) is 12.1 Å². The van der Waals surface area contributed by atoms with Crippen LogP contribution in [0.1, 0.15) is 19.5 Å². The van der Waals surface area contributed by atoms with Crippen molar-refractivity contribution >= 4 is 23.2 Å². The molecule has 19 heavy (non-hydrogen) atoms. The van der Waals surface area contributed by atoms with Gasteiger partial charge in [0.05, 0.1) is 15.6 Å². The van der Waals surface area contributed by atoms with Gasteiger partial charge in [0, 0.05) is 11.8 Å². The number of rotatable bonds is 3. The molecule has 1 aromatic heterocycles. The molecule has 2 rings (SSSR count). The van der Waals surface area contributed by atoms with E-state index in [1.165, 1.54) is 6.07 Å². The predicted octanol–water partition coefficient (Wildman–Crippen LogP) is 3.94. The van der Waals surface area contributed by atoms with Gasteiger partial charge in [-0.05, 0) is 24.5 Å². The summed E-state index contributed by atoms with van der Waals surface area (Å²) in [5, 5.41) is 0.940. The number of nitrogens with one attached hydrogen (secondary N) is 1. The second-order valence-corrected chi connectivity index (χ2v) is 5.59. The number of halogens is 2. The number of H-pyrrole nitrogens is 1. The second kappa shape index (κ2) is 5.76. The first-order valence-corrected chi connectivity index (χ1v) is 6.77. The SMILES string of the molecule is CC(C)Cc1cc(=O)[nH]c(-c2c(Cl)cccc2Cl)n1. The van der Waals surface area contributed by atoms with Gasteiger partial charge >= 0.3 is 0 Å². The largest absolute Gasteiger partial charge is 0.306 e. The van der Waals surface area contributed by atoms with Crippen LogP contribution in [0.2, 0.25) is 10.0 Å². The lowest BCUT2D eigenvalue weighted by molar-refractivity contribution is 0.634. The molecule has 0 atom stereocenters. The fraction of sp³-hybridized carbons (Fsp3) is 0.286. The van der Waals surface area contributed by atoms with Gasteiger partial charge in [0.2, 0.25) is 0 Å². The molecule has 1 aromatic carbocycles. The van der Waals surface area contributed by atoms with Crippen molar-refractivity contribution in [1.29, 1.82) is 0 Å². The maximum Gasteiger partial charge on any atom is 0.251 e. The topological polar surface area (TPSA) is 45.8 Å². The number of aromatic amines is 1. The Bertz CT molecular complexity index is 630. The first-order valence-electron chi connectivity index (χ1n) is 6.02. The highest BCUT2D eigenvalue weighted by molar-refractivity contribution is 6.38. The van der Waals surface area contributed by atoms with Gasteiger partial charge in [0.1, 0.15) is 5.82 Å². The fourth-order valence-electron chi connectivity index (χ4n) is 1.87. The van der Waals surface area contributed by atoms with Crippen LogP contribution in [0.4, 0.5) is 0 Å². The minimum absolute atomic E-state index is 0.198. The Morgan fingerprint density at radius 3 is 2.47 bits per heavy atom. The van der Waals surface area contributed by atoms with Crippen molar-refractivity contribution in [2.24, 2.45) is 5.92 Å². The Morgan fingerprint density at radius 1 is 1.26 bits per heavy atom. The smallest absolute Gasteiger partial charge is 0.251 e. The van der Waals surface area contributed by atoms with E-state index in [4.69, 9.17) is 23.2 Å². The van der Waals surface area contributed by atoms with Crippen molar-refractivity contribution in [1.82, 2.24) is 9.97 Å². The third-order valence-corrected chi connectivity index (χ3v) is 3.24. The molecule has 0 saturated carbocycles. The molecule has 2 aromatic rings. The standard InChI is InChI=1S/C14H14Cl2N2O/c1-8(2)6-9-7-12(19)18-14(17-9)13-10(15)4-3-5-11(13)16/h3-5,7-8H,6H2,1-2H3,(H,17,18,19). The lowest BCUT2D eigenvalue weighted by atomic mass is 10.1. The minimum Gasteiger partial charge on any atom is -0.306 e. The summed E-state index contributed by atoms with van der Waals surface area (Å²) in [6.07, 6.45) is 0.735. The van der Waals surface area contributed by atoms with Crippen LogP contribution in [0, 0.1) is 5.92 Å². The van der Waals surface area contributed by atoms with E-state index in [-0.39, 0.29) is 5.56 Å². The van der Waals surface area contributed by atoms with Gasteiger partial charge in [-0.25, -0.2) is 4.98 Å². The average molecular weight is 297 g/mol.